The molecule has 1 rings (SSSR count). The van der Waals surface area contributed by atoms with E-state index in [0.717, 1.165) is 12.1 Å². The lowest BCUT2D eigenvalue weighted by molar-refractivity contribution is -0.137. The number of nitrogens with one attached hydrogen (secondary N) is 1. The van der Waals surface area contributed by atoms with Crippen LogP contribution in [0.25, 0.3) is 0 Å². The van der Waals surface area contributed by atoms with Crippen molar-refractivity contribution in [2.75, 3.05) is 25.0 Å². The van der Waals surface area contributed by atoms with Gasteiger partial charge in [-0.25, -0.2) is 4.79 Å². The zero-order valence-electron chi connectivity index (χ0n) is 11.2. The van der Waals surface area contributed by atoms with Crippen molar-refractivity contribution in [3.63, 3.8) is 0 Å². The van der Waals surface area contributed by atoms with E-state index in [1.165, 1.54) is 17.0 Å². The summed E-state index contributed by atoms with van der Waals surface area (Å²) in [5, 5.41) is 2.46. The van der Waals surface area contributed by atoms with E-state index >= 15 is 0 Å². The number of anilines is 1. The minimum atomic E-state index is -4.43. The predicted molar refractivity (Wildman–Crippen MR) is 71.4 cm³/mol. The van der Waals surface area contributed by atoms with Gasteiger partial charge in [0.2, 0.25) is 0 Å². The predicted octanol–water partition coefficient (Wildman–Crippen LogP) is 2.91. The number of hydrogen-bond donors (Lipinski definition) is 2. The summed E-state index contributed by atoms with van der Waals surface area (Å²) in [6.07, 6.45) is -3.78. The summed E-state index contributed by atoms with van der Waals surface area (Å²) in [5.74, 6) is 0. The van der Waals surface area contributed by atoms with Gasteiger partial charge in [0, 0.05) is 18.8 Å². The Kier molecular flexibility index (Phi) is 5.82. The summed E-state index contributed by atoms with van der Waals surface area (Å²) in [5.41, 5.74) is 4.70. The molecule has 4 nitrogen and oxygen atoms in total. The minimum Gasteiger partial charge on any atom is -0.330 e. The van der Waals surface area contributed by atoms with Crippen molar-refractivity contribution in [3.8, 4) is 0 Å². The molecule has 0 aliphatic carbocycles. The fourth-order valence-corrected chi connectivity index (χ4v) is 1.66. The number of carbonyl (C=O) groups is 1. The number of alkyl halides is 3. The molecule has 0 spiro atoms. The minimum absolute atomic E-state index is 0.121. The Labute approximate surface area is 115 Å². The molecule has 7 heteroatoms. The number of nitrogens with zero attached hydrogens (tertiary/aromatic N) is 1. The highest BCUT2D eigenvalue weighted by molar-refractivity contribution is 5.89. The van der Waals surface area contributed by atoms with Crippen molar-refractivity contribution < 1.29 is 18.0 Å². The van der Waals surface area contributed by atoms with Crippen LogP contribution in [0.3, 0.4) is 0 Å². The van der Waals surface area contributed by atoms with Crippen LogP contribution in [0.5, 0.6) is 0 Å². The molecule has 20 heavy (non-hydrogen) atoms. The fraction of sp³-hybridized carbons (Fsp3) is 0.462. The number of rotatable bonds is 5. The van der Waals surface area contributed by atoms with Crippen LogP contribution in [-0.2, 0) is 6.18 Å². The van der Waals surface area contributed by atoms with Gasteiger partial charge >= 0.3 is 12.2 Å². The first kappa shape index (κ1) is 16.3. The molecule has 0 fully saturated rings. The first-order valence-electron chi connectivity index (χ1n) is 6.31. The van der Waals surface area contributed by atoms with E-state index in [4.69, 9.17) is 5.73 Å². The first-order chi connectivity index (χ1) is 9.38. The highest BCUT2D eigenvalue weighted by atomic mass is 19.4. The molecule has 0 aromatic heterocycles. The Bertz CT molecular complexity index is 449. The molecule has 2 amide bonds. The Hall–Kier alpha value is -1.76. The van der Waals surface area contributed by atoms with Crippen LogP contribution < -0.4 is 11.1 Å². The van der Waals surface area contributed by atoms with Crippen molar-refractivity contribution in [2.24, 2.45) is 5.73 Å². The summed E-state index contributed by atoms with van der Waals surface area (Å²) in [6, 6.07) is 4.12. The second-order valence-corrected chi connectivity index (χ2v) is 4.23. The number of amides is 2. The van der Waals surface area contributed by atoms with Crippen LogP contribution in [0.15, 0.2) is 24.3 Å². The average molecular weight is 289 g/mol. The summed E-state index contributed by atoms with van der Waals surface area (Å²) in [7, 11) is 0. The molecule has 1 aromatic rings. The van der Waals surface area contributed by atoms with Gasteiger partial charge in [0.05, 0.1) is 5.56 Å². The maximum absolute atomic E-state index is 12.6. The van der Waals surface area contributed by atoms with Gasteiger partial charge in [-0.05, 0) is 38.1 Å². The zero-order chi connectivity index (χ0) is 15.2. The molecule has 0 bridgehead atoms. The Morgan fingerprint density at radius 2 is 2.10 bits per heavy atom. The second-order valence-electron chi connectivity index (χ2n) is 4.23. The van der Waals surface area contributed by atoms with E-state index < -0.39 is 17.8 Å². The summed E-state index contributed by atoms with van der Waals surface area (Å²) in [6.45, 7) is 3.18. The molecule has 0 saturated carbocycles. The van der Waals surface area contributed by atoms with Crippen molar-refractivity contribution >= 4 is 11.7 Å². The highest BCUT2D eigenvalue weighted by Crippen LogP contribution is 2.30. The summed E-state index contributed by atoms with van der Waals surface area (Å²) in [4.78, 5) is 13.4. The average Bonchev–Trinajstić information content (AvgIpc) is 2.39. The molecule has 0 saturated heterocycles. The third-order valence-corrected chi connectivity index (χ3v) is 2.74. The lowest BCUT2D eigenvalue weighted by Crippen LogP contribution is -2.36. The monoisotopic (exact) mass is 289 g/mol. The molecular weight excluding hydrogens is 271 g/mol. The molecule has 0 heterocycles. The molecule has 0 aliphatic heterocycles. The normalized spacial score (nSPS) is 11.2. The number of nitrogens with two attached hydrogens (primary N) is 1. The topological polar surface area (TPSA) is 58.4 Å². The molecule has 0 atom stereocenters. The zero-order valence-corrected chi connectivity index (χ0v) is 11.2. The van der Waals surface area contributed by atoms with Crippen molar-refractivity contribution in [1.82, 2.24) is 4.90 Å². The van der Waals surface area contributed by atoms with Gasteiger partial charge in [-0.1, -0.05) is 6.07 Å². The number of halogens is 3. The van der Waals surface area contributed by atoms with E-state index in [1.54, 1.807) is 6.92 Å². The Balaban J connectivity index is 2.74. The van der Waals surface area contributed by atoms with Gasteiger partial charge in [0.25, 0.3) is 0 Å². The Morgan fingerprint density at radius 1 is 1.40 bits per heavy atom. The maximum atomic E-state index is 12.6. The van der Waals surface area contributed by atoms with Crippen molar-refractivity contribution in [3.05, 3.63) is 29.8 Å². The first-order valence-corrected chi connectivity index (χ1v) is 6.31. The summed E-state index contributed by atoms with van der Waals surface area (Å²) >= 11 is 0. The Morgan fingerprint density at radius 3 is 2.65 bits per heavy atom. The molecule has 0 radical (unpaired) electrons. The number of urea groups is 1. The standard InChI is InChI=1S/C13H18F3N3O/c1-2-19(8-4-7-17)12(20)18-11-6-3-5-10(9-11)13(14,15)16/h3,5-6,9H,2,4,7-8,17H2,1H3,(H,18,20). The van der Waals surface area contributed by atoms with Gasteiger partial charge < -0.3 is 16.0 Å². The lowest BCUT2D eigenvalue weighted by Gasteiger charge is -2.21. The summed E-state index contributed by atoms with van der Waals surface area (Å²) < 4.78 is 37.7. The number of carbonyl (C=O) groups excluding carboxylic acids is 1. The second kappa shape index (κ2) is 7.14. The maximum Gasteiger partial charge on any atom is 0.416 e. The van der Waals surface area contributed by atoms with E-state index in [2.05, 4.69) is 5.32 Å². The van der Waals surface area contributed by atoms with Crippen molar-refractivity contribution in [2.45, 2.75) is 19.5 Å². The SMILES string of the molecule is CCN(CCCN)C(=O)Nc1cccc(C(F)(F)F)c1. The third kappa shape index (κ3) is 4.73. The van der Waals surface area contributed by atoms with Crippen LogP contribution in [0.1, 0.15) is 18.9 Å². The van der Waals surface area contributed by atoms with E-state index in [1.807, 2.05) is 0 Å². The quantitative estimate of drug-likeness (QED) is 0.875. The van der Waals surface area contributed by atoms with Gasteiger partial charge in [-0.15, -0.1) is 0 Å². The van der Waals surface area contributed by atoms with Crippen LogP contribution in [0.2, 0.25) is 0 Å². The fourth-order valence-electron chi connectivity index (χ4n) is 1.66. The number of hydrogen-bond acceptors (Lipinski definition) is 2. The lowest BCUT2D eigenvalue weighted by atomic mass is 10.2. The van der Waals surface area contributed by atoms with Crippen LogP contribution in [0.4, 0.5) is 23.7 Å². The van der Waals surface area contributed by atoms with Gasteiger partial charge in [-0.2, -0.15) is 13.2 Å². The molecular formula is C13H18F3N3O. The van der Waals surface area contributed by atoms with Crippen LogP contribution >= 0.6 is 0 Å². The molecule has 1 aromatic carbocycles. The van der Waals surface area contributed by atoms with Gasteiger partial charge in [-0.3, -0.25) is 0 Å². The van der Waals surface area contributed by atoms with E-state index in [0.29, 0.717) is 26.1 Å². The number of benzene rings is 1. The smallest absolute Gasteiger partial charge is 0.330 e. The largest absolute Gasteiger partial charge is 0.416 e. The van der Waals surface area contributed by atoms with Crippen LogP contribution in [0, 0.1) is 0 Å². The molecule has 0 unspecified atom stereocenters. The van der Waals surface area contributed by atoms with Gasteiger partial charge in [0.1, 0.15) is 0 Å². The van der Waals surface area contributed by atoms with Crippen molar-refractivity contribution in [1.29, 1.82) is 0 Å². The highest BCUT2D eigenvalue weighted by Gasteiger charge is 2.30. The molecule has 3 N–H and O–H groups in total. The van der Waals surface area contributed by atoms with E-state index in [9.17, 15) is 18.0 Å². The van der Waals surface area contributed by atoms with Gasteiger partial charge in [0.15, 0.2) is 0 Å². The van der Waals surface area contributed by atoms with Crippen LogP contribution in [-0.4, -0.2) is 30.6 Å². The molecule has 0 aliphatic rings. The third-order valence-electron chi connectivity index (χ3n) is 2.74. The molecule has 112 valence electrons. The van der Waals surface area contributed by atoms with E-state index in [-0.39, 0.29) is 5.69 Å².